The smallest absolute Gasteiger partial charge is 0.339 e. The summed E-state index contributed by atoms with van der Waals surface area (Å²) in [6, 6.07) is 32.7. The summed E-state index contributed by atoms with van der Waals surface area (Å²) in [5.74, 6) is -0.817. The molecule has 0 amide bonds. The van der Waals surface area contributed by atoms with Crippen molar-refractivity contribution in [3.63, 3.8) is 0 Å². The van der Waals surface area contributed by atoms with E-state index < -0.39 is 5.97 Å². The largest absolute Gasteiger partial charge is 0.454 e. The van der Waals surface area contributed by atoms with Crippen molar-refractivity contribution in [1.82, 2.24) is 4.98 Å². The fraction of sp³-hybridized carbons (Fsp3) is 0.0645. The Labute approximate surface area is 217 Å². The molecule has 0 aliphatic carbocycles. The Morgan fingerprint density at radius 3 is 2.17 bits per heavy atom. The van der Waals surface area contributed by atoms with E-state index in [0.29, 0.717) is 27.7 Å². The molecule has 4 aromatic carbocycles. The molecule has 0 N–H and O–H groups in total. The topological polar surface area (TPSA) is 56.3 Å². The zero-order valence-electron chi connectivity index (χ0n) is 19.6. The summed E-state index contributed by atoms with van der Waals surface area (Å²) in [6.45, 7) is 1.62. The molecule has 0 saturated heterocycles. The van der Waals surface area contributed by atoms with Gasteiger partial charge in [0.1, 0.15) is 0 Å². The lowest BCUT2D eigenvalue weighted by molar-refractivity contribution is 0.0476. The van der Waals surface area contributed by atoms with Gasteiger partial charge in [-0.05, 0) is 48.4 Å². The highest BCUT2D eigenvalue weighted by Crippen LogP contribution is 2.28. The van der Waals surface area contributed by atoms with Gasteiger partial charge in [-0.15, -0.1) is 0 Å². The first kappa shape index (κ1) is 23.6. The minimum atomic E-state index is -0.555. The molecule has 5 heteroatoms. The summed E-state index contributed by atoms with van der Waals surface area (Å²) in [6.07, 6.45) is 0. The van der Waals surface area contributed by atoms with Gasteiger partial charge in [-0.3, -0.25) is 4.79 Å². The molecule has 0 atom stereocenters. The highest BCUT2D eigenvalue weighted by atomic mass is 79.9. The molecule has 4 nitrogen and oxygen atoms in total. The van der Waals surface area contributed by atoms with Gasteiger partial charge in [-0.2, -0.15) is 0 Å². The molecular formula is C31H22BrNO3. The average molecular weight is 536 g/mol. The number of aromatic nitrogens is 1. The first-order valence-electron chi connectivity index (χ1n) is 11.5. The number of carbonyl (C=O) groups excluding carboxylic acids is 2. The third kappa shape index (κ3) is 5.11. The fourth-order valence-electron chi connectivity index (χ4n) is 4.05. The third-order valence-corrected chi connectivity index (χ3v) is 6.50. The van der Waals surface area contributed by atoms with Crippen molar-refractivity contribution in [1.29, 1.82) is 0 Å². The molecule has 0 aliphatic rings. The molecular weight excluding hydrogens is 514 g/mol. The van der Waals surface area contributed by atoms with E-state index in [2.05, 4.69) is 28.1 Å². The maximum atomic E-state index is 13.2. The standard InChI is InChI=1S/C31H22BrNO3/c1-20-7-16-28-26(17-20)27(31(35)36-19-30(34)24-12-14-25(32)15-13-24)18-29(33-28)23-10-8-22(9-11-23)21-5-3-2-4-6-21/h2-18H,19H2,1H3. The van der Waals surface area contributed by atoms with Crippen LogP contribution in [0, 0.1) is 6.92 Å². The molecule has 176 valence electrons. The van der Waals surface area contributed by atoms with Crippen LogP contribution in [0.5, 0.6) is 0 Å². The molecule has 0 bridgehead atoms. The van der Waals surface area contributed by atoms with E-state index in [1.54, 1.807) is 30.3 Å². The number of rotatable bonds is 6. The molecule has 0 radical (unpaired) electrons. The van der Waals surface area contributed by atoms with Crippen molar-refractivity contribution in [2.45, 2.75) is 6.92 Å². The van der Waals surface area contributed by atoms with Crippen LogP contribution in [0.2, 0.25) is 0 Å². The van der Waals surface area contributed by atoms with Crippen molar-refractivity contribution in [2.24, 2.45) is 0 Å². The molecule has 5 aromatic rings. The number of nitrogens with zero attached hydrogens (tertiary/aromatic N) is 1. The average Bonchev–Trinajstić information content (AvgIpc) is 2.92. The summed E-state index contributed by atoms with van der Waals surface area (Å²) >= 11 is 3.36. The van der Waals surface area contributed by atoms with Gasteiger partial charge in [-0.1, -0.05) is 94.3 Å². The van der Waals surface area contributed by atoms with Gasteiger partial charge in [-0.25, -0.2) is 9.78 Å². The van der Waals surface area contributed by atoms with Gasteiger partial charge in [0.05, 0.1) is 16.8 Å². The van der Waals surface area contributed by atoms with Gasteiger partial charge in [0.15, 0.2) is 12.4 Å². The van der Waals surface area contributed by atoms with E-state index in [0.717, 1.165) is 26.7 Å². The monoisotopic (exact) mass is 535 g/mol. The number of ether oxygens (including phenoxy) is 1. The van der Waals surface area contributed by atoms with Crippen LogP contribution in [0.1, 0.15) is 26.3 Å². The number of esters is 1. The Kier molecular flexibility index (Phi) is 6.74. The predicted octanol–water partition coefficient (Wildman–Crippen LogP) is 7.68. The number of ketones is 1. The highest BCUT2D eigenvalue weighted by Gasteiger charge is 2.18. The summed E-state index contributed by atoms with van der Waals surface area (Å²) < 4.78 is 6.34. The van der Waals surface area contributed by atoms with E-state index in [4.69, 9.17) is 9.72 Å². The van der Waals surface area contributed by atoms with E-state index in [1.807, 2.05) is 67.6 Å². The number of halogens is 1. The molecule has 0 fully saturated rings. The number of Topliss-reactive ketones (excluding diaryl/α,β-unsaturated/α-hetero) is 1. The number of benzene rings is 4. The summed E-state index contributed by atoms with van der Waals surface area (Å²) in [5, 5.41) is 0.695. The van der Waals surface area contributed by atoms with Gasteiger partial charge >= 0.3 is 5.97 Å². The molecule has 0 spiro atoms. The van der Waals surface area contributed by atoms with E-state index >= 15 is 0 Å². The fourth-order valence-corrected chi connectivity index (χ4v) is 4.31. The van der Waals surface area contributed by atoms with Crippen LogP contribution in [0.4, 0.5) is 0 Å². The van der Waals surface area contributed by atoms with Crippen molar-refractivity contribution in [3.05, 3.63) is 124 Å². The Morgan fingerprint density at radius 1 is 0.778 bits per heavy atom. The van der Waals surface area contributed by atoms with Crippen molar-refractivity contribution < 1.29 is 14.3 Å². The maximum Gasteiger partial charge on any atom is 0.339 e. The zero-order chi connectivity index (χ0) is 25.1. The number of fused-ring (bicyclic) bond motifs is 1. The van der Waals surface area contributed by atoms with Crippen LogP contribution in [0.3, 0.4) is 0 Å². The predicted molar refractivity (Wildman–Crippen MR) is 146 cm³/mol. The van der Waals surface area contributed by atoms with Crippen LogP contribution in [0.15, 0.2) is 108 Å². The summed E-state index contributed by atoms with van der Waals surface area (Å²) in [7, 11) is 0. The van der Waals surface area contributed by atoms with Crippen LogP contribution < -0.4 is 0 Å². The summed E-state index contributed by atoms with van der Waals surface area (Å²) in [4.78, 5) is 30.5. The zero-order valence-corrected chi connectivity index (χ0v) is 21.2. The lowest BCUT2D eigenvalue weighted by atomic mass is 10.00. The normalized spacial score (nSPS) is 10.8. The van der Waals surface area contributed by atoms with Crippen LogP contribution in [-0.2, 0) is 4.74 Å². The number of carbonyl (C=O) groups is 2. The Hall–Kier alpha value is -4.09. The second kappa shape index (κ2) is 10.3. The summed E-state index contributed by atoms with van der Waals surface area (Å²) in [5.41, 5.74) is 6.34. The van der Waals surface area contributed by atoms with Crippen LogP contribution in [-0.4, -0.2) is 23.3 Å². The molecule has 0 unspecified atom stereocenters. The molecule has 1 heterocycles. The second-order valence-corrected chi connectivity index (χ2v) is 9.44. The van der Waals surface area contributed by atoms with E-state index in [1.165, 1.54) is 0 Å². The molecule has 0 aliphatic heterocycles. The van der Waals surface area contributed by atoms with Crippen molar-refractivity contribution >= 4 is 38.6 Å². The molecule has 36 heavy (non-hydrogen) atoms. The second-order valence-electron chi connectivity index (χ2n) is 8.53. The highest BCUT2D eigenvalue weighted by molar-refractivity contribution is 9.10. The van der Waals surface area contributed by atoms with Crippen LogP contribution in [0.25, 0.3) is 33.3 Å². The van der Waals surface area contributed by atoms with Crippen molar-refractivity contribution in [3.8, 4) is 22.4 Å². The SMILES string of the molecule is Cc1ccc2nc(-c3ccc(-c4ccccc4)cc3)cc(C(=O)OCC(=O)c3ccc(Br)cc3)c2c1. The number of hydrogen-bond acceptors (Lipinski definition) is 4. The first-order chi connectivity index (χ1) is 17.5. The number of aryl methyl sites for hydroxylation is 1. The van der Waals surface area contributed by atoms with Crippen LogP contribution >= 0.6 is 15.9 Å². The molecule has 1 aromatic heterocycles. The quantitative estimate of drug-likeness (QED) is 0.165. The van der Waals surface area contributed by atoms with E-state index in [-0.39, 0.29) is 12.4 Å². The maximum absolute atomic E-state index is 13.2. The minimum absolute atomic E-state index is 0.262. The van der Waals surface area contributed by atoms with Crippen molar-refractivity contribution in [2.75, 3.05) is 6.61 Å². The van der Waals surface area contributed by atoms with Gasteiger partial charge in [0, 0.05) is 21.0 Å². The van der Waals surface area contributed by atoms with Gasteiger partial charge in [0.2, 0.25) is 0 Å². The van der Waals surface area contributed by atoms with E-state index in [9.17, 15) is 9.59 Å². The number of hydrogen-bond donors (Lipinski definition) is 0. The Balaban J connectivity index is 1.45. The molecule has 5 rings (SSSR count). The minimum Gasteiger partial charge on any atom is -0.454 e. The third-order valence-electron chi connectivity index (χ3n) is 5.97. The Bertz CT molecular complexity index is 1560. The Morgan fingerprint density at radius 2 is 1.44 bits per heavy atom. The van der Waals surface area contributed by atoms with Gasteiger partial charge < -0.3 is 4.74 Å². The van der Waals surface area contributed by atoms with Gasteiger partial charge in [0.25, 0.3) is 0 Å². The lowest BCUT2D eigenvalue weighted by Gasteiger charge is -2.11. The molecule has 0 saturated carbocycles. The first-order valence-corrected chi connectivity index (χ1v) is 12.3. The lowest BCUT2D eigenvalue weighted by Crippen LogP contribution is -2.15. The number of pyridine rings is 1.